The van der Waals surface area contributed by atoms with Gasteiger partial charge in [-0.05, 0) is 12.1 Å². The lowest BCUT2D eigenvalue weighted by atomic mass is 10.3. The third-order valence-corrected chi connectivity index (χ3v) is 3.00. The predicted octanol–water partition coefficient (Wildman–Crippen LogP) is 0.850. The fourth-order valence-electron chi connectivity index (χ4n) is 1.99. The van der Waals surface area contributed by atoms with Crippen LogP contribution in [0, 0.1) is 0 Å². The van der Waals surface area contributed by atoms with Crippen molar-refractivity contribution in [3.63, 3.8) is 0 Å². The van der Waals surface area contributed by atoms with E-state index in [-0.39, 0.29) is 0 Å². The number of hydrogen-bond acceptors (Lipinski definition) is 4. The second-order valence-corrected chi connectivity index (χ2v) is 4.03. The zero-order valence-corrected chi connectivity index (χ0v) is 9.80. The highest BCUT2D eigenvalue weighted by atomic mass is 16.5. The van der Waals surface area contributed by atoms with E-state index in [4.69, 9.17) is 4.74 Å². The summed E-state index contributed by atoms with van der Waals surface area (Å²) in [6.07, 6.45) is 3.75. The lowest BCUT2D eigenvalue weighted by molar-refractivity contribution is 0.144. The number of aromatic nitrogens is 1. The van der Waals surface area contributed by atoms with Gasteiger partial charge in [0.25, 0.3) is 0 Å². The molecule has 2 heterocycles. The Balaban J connectivity index is 1.81. The average molecular weight is 221 g/mol. The number of nitrogens with zero attached hydrogens (tertiary/aromatic N) is 3. The van der Waals surface area contributed by atoms with Crippen molar-refractivity contribution in [3.8, 4) is 0 Å². The summed E-state index contributed by atoms with van der Waals surface area (Å²) in [5, 5.41) is 0. The maximum Gasteiger partial charge on any atom is 0.0589 e. The summed E-state index contributed by atoms with van der Waals surface area (Å²) in [7, 11) is 1.76. The molecule has 0 aliphatic carbocycles. The molecule has 16 heavy (non-hydrogen) atoms. The Labute approximate surface area is 96.8 Å². The molecule has 88 valence electrons. The van der Waals surface area contributed by atoms with Gasteiger partial charge in [-0.2, -0.15) is 0 Å². The first-order valence-electron chi connectivity index (χ1n) is 5.76. The topological polar surface area (TPSA) is 28.6 Å². The molecule has 1 aromatic rings. The van der Waals surface area contributed by atoms with Crippen LogP contribution in [0.2, 0.25) is 0 Å². The molecule has 0 spiro atoms. The molecule has 0 bridgehead atoms. The Hall–Kier alpha value is -1.13. The summed E-state index contributed by atoms with van der Waals surface area (Å²) in [4.78, 5) is 8.98. The molecule has 0 saturated carbocycles. The van der Waals surface area contributed by atoms with E-state index in [2.05, 4.69) is 20.9 Å². The zero-order chi connectivity index (χ0) is 11.2. The number of anilines is 1. The highest BCUT2D eigenvalue weighted by Gasteiger charge is 2.16. The summed E-state index contributed by atoms with van der Waals surface area (Å²) < 4.78 is 5.09. The van der Waals surface area contributed by atoms with Crippen molar-refractivity contribution in [2.45, 2.75) is 0 Å². The van der Waals surface area contributed by atoms with Crippen LogP contribution in [-0.2, 0) is 4.74 Å². The average Bonchev–Trinajstić information content (AvgIpc) is 2.38. The van der Waals surface area contributed by atoms with Crippen molar-refractivity contribution >= 4 is 5.69 Å². The van der Waals surface area contributed by atoms with Gasteiger partial charge in [0.05, 0.1) is 18.5 Å². The van der Waals surface area contributed by atoms with Crippen LogP contribution in [0.25, 0.3) is 0 Å². The van der Waals surface area contributed by atoms with E-state index >= 15 is 0 Å². The van der Waals surface area contributed by atoms with E-state index in [1.807, 2.05) is 18.5 Å². The zero-order valence-electron chi connectivity index (χ0n) is 9.80. The lowest BCUT2D eigenvalue weighted by Gasteiger charge is -2.35. The van der Waals surface area contributed by atoms with Gasteiger partial charge in [0.15, 0.2) is 0 Å². The van der Waals surface area contributed by atoms with Crippen molar-refractivity contribution < 1.29 is 4.74 Å². The van der Waals surface area contributed by atoms with Gasteiger partial charge in [-0.25, -0.2) is 0 Å². The Morgan fingerprint density at radius 3 is 2.75 bits per heavy atom. The molecule has 4 nitrogen and oxygen atoms in total. The van der Waals surface area contributed by atoms with Gasteiger partial charge in [0.1, 0.15) is 0 Å². The molecule has 0 unspecified atom stereocenters. The largest absolute Gasteiger partial charge is 0.383 e. The molecule has 1 aromatic heterocycles. The molecule has 0 radical (unpaired) electrons. The van der Waals surface area contributed by atoms with Gasteiger partial charge >= 0.3 is 0 Å². The molecule has 1 fully saturated rings. The minimum Gasteiger partial charge on any atom is -0.383 e. The fraction of sp³-hybridized carbons (Fsp3) is 0.583. The molecule has 1 aliphatic heterocycles. The van der Waals surface area contributed by atoms with Crippen LogP contribution in [0.4, 0.5) is 5.69 Å². The van der Waals surface area contributed by atoms with Crippen LogP contribution in [-0.4, -0.2) is 56.3 Å². The van der Waals surface area contributed by atoms with E-state index in [1.54, 1.807) is 7.11 Å². The SMILES string of the molecule is COCCN1CCN(c2cccnc2)CC1. The first kappa shape index (κ1) is 11.4. The number of piperazine rings is 1. The molecule has 1 aliphatic rings. The molecule has 1 saturated heterocycles. The highest BCUT2D eigenvalue weighted by Crippen LogP contribution is 2.13. The summed E-state index contributed by atoms with van der Waals surface area (Å²) in [5.41, 5.74) is 1.23. The Kier molecular flexibility index (Phi) is 4.13. The van der Waals surface area contributed by atoms with E-state index in [0.717, 1.165) is 39.3 Å². The normalized spacial score (nSPS) is 17.7. The number of pyridine rings is 1. The Morgan fingerprint density at radius 2 is 2.12 bits per heavy atom. The maximum atomic E-state index is 5.09. The maximum absolute atomic E-state index is 5.09. The molecular formula is C12H19N3O. The number of hydrogen-bond donors (Lipinski definition) is 0. The minimum absolute atomic E-state index is 0.826. The summed E-state index contributed by atoms with van der Waals surface area (Å²) in [6, 6.07) is 4.12. The van der Waals surface area contributed by atoms with Gasteiger partial charge in [-0.1, -0.05) is 0 Å². The van der Waals surface area contributed by atoms with Crippen LogP contribution in [0.15, 0.2) is 24.5 Å². The molecular weight excluding hydrogens is 202 g/mol. The predicted molar refractivity (Wildman–Crippen MR) is 64.8 cm³/mol. The monoisotopic (exact) mass is 221 g/mol. The summed E-state index contributed by atoms with van der Waals surface area (Å²) >= 11 is 0. The first-order valence-corrected chi connectivity index (χ1v) is 5.76. The number of rotatable bonds is 4. The van der Waals surface area contributed by atoms with E-state index in [1.165, 1.54) is 5.69 Å². The third kappa shape index (κ3) is 2.93. The van der Waals surface area contributed by atoms with E-state index in [9.17, 15) is 0 Å². The van der Waals surface area contributed by atoms with Gasteiger partial charge in [0, 0.05) is 46.0 Å². The van der Waals surface area contributed by atoms with Crippen molar-refractivity contribution in [2.24, 2.45) is 0 Å². The Morgan fingerprint density at radius 1 is 1.31 bits per heavy atom. The van der Waals surface area contributed by atoms with Gasteiger partial charge in [-0.15, -0.1) is 0 Å². The second-order valence-electron chi connectivity index (χ2n) is 4.03. The molecule has 4 heteroatoms. The number of ether oxygens (including phenoxy) is 1. The van der Waals surface area contributed by atoms with Crippen molar-refractivity contribution in [1.82, 2.24) is 9.88 Å². The third-order valence-electron chi connectivity index (χ3n) is 3.00. The molecule has 0 amide bonds. The van der Waals surface area contributed by atoms with Gasteiger partial charge in [0.2, 0.25) is 0 Å². The van der Waals surface area contributed by atoms with Crippen LogP contribution < -0.4 is 4.90 Å². The van der Waals surface area contributed by atoms with Crippen LogP contribution in [0.3, 0.4) is 0 Å². The number of methoxy groups -OCH3 is 1. The van der Waals surface area contributed by atoms with E-state index < -0.39 is 0 Å². The summed E-state index contributed by atoms with van der Waals surface area (Å²) in [5.74, 6) is 0. The van der Waals surface area contributed by atoms with Gasteiger partial charge < -0.3 is 9.64 Å². The van der Waals surface area contributed by atoms with Crippen LogP contribution >= 0.6 is 0 Å². The van der Waals surface area contributed by atoms with Crippen LogP contribution in [0.1, 0.15) is 0 Å². The summed E-state index contributed by atoms with van der Waals surface area (Å²) in [6.45, 7) is 6.24. The quantitative estimate of drug-likeness (QED) is 0.753. The lowest BCUT2D eigenvalue weighted by Crippen LogP contribution is -2.47. The molecule has 0 atom stereocenters. The van der Waals surface area contributed by atoms with E-state index in [0.29, 0.717) is 0 Å². The van der Waals surface area contributed by atoms with Crippen molar-refractivity contribution in [3.05, 3.63) is 24.5 Å². The van der Waals surface area contributed by atoms with Crippen molar-refractivity contribution in [2.75, 3.05) is 51.3 Å². The fourth-order valence-corrected chi connectivity index (χ4v) is 1.99. The standard InChI is InChI=1S/C12H19N3O/c1-16-10-9-14-5-7-15(8-6-14)12-3-2-4-13-11-12/h2-4,11H,5-10H2,1H3. The first-order chi connectivity index (χ1) is 7.90. The Bertz CT molecular complexity index is 296. The molecule has 2 rings (SSSR count). The smallest absolute Gasteiger partial charge is 0.0589 e. The highest BCUT2D eigenvalue weighted by molar-refractivity contribution is 5.43. The minimum atomic E-state index is 0.826. The van der Waals surface area contributed by atoms with Crippen LogP contribution in [0.5, 0.6) is 0 Å². The molecule has 0 aromatic carbocycles. The molecule has 0 N–H and O–H groups in total. The van der Waals surface area contributed by atoms with Crippen molar-refractivity contribution in [1.29, 1.82) is 0 Å². The van der Waals surface area contributed by atoms with Gasteiger partial charge in [-0.3, -0.25) is 9.88 Å². The second kappa shape index (κ2) is 5.82.